The number of hydrogen-bond donors (Lipinski definition) is 1. The second-order valence-corrected chi connectivity index (χ2v) is 3.58. The molecule has 0 aromatic heterocycles. The number of benzene rings is 1. The Morgan fingerprint density at radius 1 is 1.07 bits per heavy atom. The van der Waals surface area contributed by atoms with E-state index in [9.17, 15) is 0 Å². The second-order valence-electron chi connectivity index (χ2n) is 3.58. The lowest BCUT2D eigenvalue weighted by molar-refractivity contribution is 0.938. The number of nitrogens with one attached hydrogen (secondary N) is 1. The molecule has 1 nitrogen and oxygen atoms in total. The van der Waals surface area contributed by atoms with Gasteiger partial charge in [-0.25, -0.2) is 0 Å². The number of aryl methyl sites for hydroxylation is 3. The van der Waals surface area contributed by atoms with Crippen LogP contribution in [-0.2, 0) is 0 Å². The third kappa shape index (κ3) is 2.61. The molecule has 0 saturated carbocycles. The van der Waals surface area contributed by atoms with Crippen LogP contribution in [0.15, 0.2) is 12.1 Å². The van der Waals surface area contributed by atoms with Crippen LogP contribution in [0.2, 0.25) is 0 Å². The summed E-state index contributed by atoms with van der Waals surface area (Å²) in [5, 5.41) is 3.01. The summed E-state index contributed by atoms with van der Waals surface area (Å²) in [5.74, 6) is 6.25. The van der Waals surface area contributed by atoms with Crippen LogP contribution in [0.5, 0.6) is 0 Å². The molecule has 0 amide bonds. The highest BCUT2D eigenvalue weighted by Crippen LogP contribution is 2.13. The molecule has 0 aliphatic heterocycles. The van der Waals surface area contributed by atoms with Gasteiger partial charge in [0.1, 0.15) is 0 Å². The summed E-state index contributed by atoms with van der Waals surface area (Å²) in [5.41, 5.74) is 5.05. The van der Waals surface area contributed by atoms with Crippen LogP contribution >= 0.6 is 0 Å². The van der Waals surface area contributed by atoms with E-state index in [2.05, 4.69) is 50.1 Å². The van der Waals surface area contributed by atoms with E-state index in [0.29, 0.717) is 0 Å². The summed E-state index contributed by atoms with van der Waals surface area (Å²) in [4.78, 5) is 0. The molecule has 0 radical (unpaired) electrons. The van der Waals surface area contributed by atoms with Crippen LogP contribution in [0.25, 0.3) is 0 Å². The molecule has 0 spiro atoms. The van der Waals surface area contributed by atoms with Crippen molar-refractivity contribution in [3.8, 4) is 11.8 Å². The van der Waals surface area contributed by atoms with Gasteiger partial charge in [0.2, 0.25) is 0 Å². The zero-order chi connectivity index (χ0) is 10.6. The fourth-order valence-electron chi connectivity index (χ4n) is 1.32. The van der Waals surface area contributed by atoms with Crippen LogP contribution in [0.3, 0.4) is 0 Å². The lowest BCUT2D eigenvalue weighted by Crippen LogP contribution is -2.04. The summed E-state index contributed by atoms with van der Waals surface area (Å²) in [6.45, 7) is 7.10. The average molecular weight is 187 g/mol. The van der Waals surface area contributed by atoms with Crippen LogP contribution in [-0.4, -0.2) is 13.6 Å². The Kier molecular flexibility index (Phi) is 3.73. The van der Waals surface area contributed by atoms with E-state index in [0.717, 1.165) is 12.1 Å². The first-order chi connectivity index (χ1) is 6.65. The molecular weight excluding hydrogens is 170 g/mol. The van der Waals surface area contributed by atoms with Crippen molar-refractivity contribution in [2.75, 3.05) is 13.6 Å². The molecule has 0 fully saturated rings. The molecule has 0 atom stereocenters. The summed E-state index contributed by atoms with van der Waals surface area (Å²) in [6.07, 6.45) is 0. The SMILES string of the molecule is CNCC#Cc1cc(C)c(C)cc1C. The highest BCUT2D eigenvalue weighted by atomic mass is 14.8. The third-order valence-corrected chi connectivity index (χ3v) is 2.33. The number of hydrogen-bond acceptors (Lipinski definition) is 1. The van der Waals surface area contributed by atoms with Crippen LogP contribution in [0, 0.1) is 32.6 Å². The Labute approximate surface area is 86.5 Å². The molecule has 0 aliphatic rings. The summed E-state index contributed by atoms with van der Waals surface area (Å²) < 4.78 is 0. The van der Waals surface area contributed by atoms with Gasteiger partial charge >= 0.3 is 0 Å². The Hall–Kier alpha value is -1.26. The normalized spacial score (nSPS) is 9.43. The van der Waals surface area contributed by atoms with Crippen molar-refractivity contribution in [2.24, 2.45) is 0 Å². The average Bonchev–Trinajstić information content (AvgIpc) is 2.14. The van der Waals surface area contributed by atoms with E-state index in [1.807, 2.05) is 7.05 Å². The maximum Gasteiger partial charge on any atom is 0.0577 e. The quantitative estimate of drug-likeness (QED) is 0.664. The van der Waals surface area contributed by atoms with Gasteiger partial charge in [-0.15, -0.1) is 0 Å². The molecule has 0 heterocycles. The molecule has 1 heteroatoms. The Bertz CT molecular complexity index is 380. The van der Waals surface area contributed by atoms with Crippen molar-refractivity contribution >= 4 is 0 Å². The molecule has 1 rings (SSSR count). The van der Waals surface area contributed by atoms with Gasteiger partial charge in [0.25, 0.3) is 0 Å². The second kappa shape index (κ2) is 4.83. The largest absolute Gasteiger partial charge is 0.309 e. The minimum Gasteiger partial charge on any atom is -0.309 e. The van der Waals surface area contributed by atoms with Crippen LogP contribution in [0.1, 0.15) is 22.3 Å². The van der Waals surface area contributed by atoms with E-state index in [1.165, 1.54) is 16.7 Å². The van der Waals surface area contributed by atoms with Gasteiger partial charge in [0.05, 0.1) is 6.54 Å². The highest BCUT2D eigenvalue weighted by molar-refractivity contribution is 5.45. The van der Waals surface area contributed by atoms with Crippen molar-refractivity contribution in [3.05, 3.63) is 34.4 Å². The Morgan fingerprint density at radius 3 is 2.36 bits per heavy atom. The summed E-state index contributed by atoms with van der Waals surface area (Å²) >= 11 is 0. The molecule has 74 valence electrons. The Morgan fingerprint density at radius 2 is 1.71 bits per heavy atom. The maximum absolute atomic E-state index is 3.17. The molecule has 0 unspecified atom stereocenters. The van der Waals surface area contributed by atoms with Crippen LogP contribution < -0.4 is 5.32 Å². The van der Waals surface area contributed by atoms with E-state index in [4.69, 9.17) is 0 Å². The topological polar surface area (TPSA) is 12.0 Å². The van der Waals surface area contributed by atoms with Gasteiger partial charge in [-0.1, -0.05) is 17.9 Å². The fourth-order valence-corrected chi connectivity index (χ4v) is 1.32. The van der Waals surface area contributed by atoms with E-state index >= 15 is 0 Å². The van der Waals surface area contributed by atoms with Gasteiger partial charge in [-0.2, -0.15) is 0 Å². The lowest BCUT2D eigenvalue weighted by atomic mass is 10.0. The first kappa shape index (κ1) is 10.8. The van der Waals surface area contributed by atoms with Gasteiger partial charge < -0.3 is 5.32 Å². The first-order valence-corrected chi connectivity index (χ1v) is 4.86. The van der Waals surface area contributed by atoms with Crippen molar-refractivity contribution in [1.82, 2.24) is 5.32 Å². The molecular formula is C13H17N. The zero-order valence-corrected chi connectivity index (χ0v) is 9.36. The molecule has 1 aromatic rings. The fraction of sp³-hybridized carbons (Fsp3) is 0.385. The molecule has 0 aliphatic carbocycles. The molecule has 1 aromatic carbocycles. The zero-order valence-electron chi connectivity index (χ0n) is 9.36. The standard InChI is InChI=1S/C13H17N/c1-10-8-12(3)13(9-11(10)2)6-5-7-14-4/h8-9,14H,7H2,1-4H3. The van der Waals surface area contributed by atoms with E-state index < -0.39 is 0 Å². The van der Waals surface area contributed by atoms with Crippen molar-refractivity contribution in [3.63, 3.8) is 0 Å². The predicted octanol–water partition coefficient (Wildman–Crippen LogP) is 2.18. The molecule has 1 N–H and O–H groups in total. The molecule has 0 bridgehead atoms. The van der Waals surface area contributed by atoms with Crippen molar-refractivity contribution < 1.29 is 0 Å². The van der Waals surface area contributed by atoms with E-state index in [-0.39, 0.29) is 0 Å². The van der Waals surface area contributed by atoms with E-state index in [1.54, 1.807) is 0 Å². The summed E-state index contributed by atoms with van der Waals surface area (Å²) in [7, 11) is 1.90. The first-order valence-electron chi connectivity index (χ1n) is 4.86. The smallest absolute Gasteiger partial charge is 0.0577 e. The molecule has 0 saturated heterocycles. The van der Waals surface area contributed by atoms with Crippen molar-refractivity contribution in [1.29, 1.82) is 0 Å². The van der Waals surface area contributed by atoms with Gasteiger partial charge in [-0.05, 0) is 50.6 Å². The minimum absolute atomic E-state index is 0.742. The third-order valence-electron chi connectivity index (χ3n) is 2.33. The van der Waals surface area contributed by atoms with Gasteiger partial charge in [0.15, 0.2) is 0 Å². The van der Waals surface area contributed by atoms with Crippen molar-refractivity contribution in [2.45, 2.75) is 20.8 Å². The number of rotatable bonds is 1. The van der Waals surface area contributed by atoms with Gasteiger partial charge in [-0.3, -0.25) is 0 Å². The minimum atomic E-state index is 0.742. The van der Waals surface area contributed by atoms with Gasteiger partial charge in [0, 0.05) is 5.56 Å². The summed E-state index contributed by atoms with van der Waals surface area (Å²) in [6, 6.07) is 4.35. The predicted molar refractivity (Wildman–Crippen MR) is 61.5 cm³/mol. The highest BCUT2D eigenvalue weighted by Gasteiger charge is 1.98. The monoisotopic (exact) mass is 187 g/mol. The molecule has 14 heavy (non-hydrogen) atoms. The Balaban J connectivity index is 3.00. The van der Waals surface area contributed by atoms with Crippen LogP contribution in [0.4, 0.5) is 0 Å². The maximum atomic E-state index is 3.17. The lowest BCUT2D eigenvalue weighted by Gasteiger charge is -2.04.